The largest absolute Gasteiger partial charge is 0.493 e. The molecule has 0 aliphatic rings. The van der Waals surface area contributed by atoms with Gasteiger partial charge in [0.05, 0.1) is 10.7 Å². The summed E-state index contributed by atoms with van der Waals surface area (Å²) in [4.78, 5) is 11.9. The number of rotatable bonds is 6. The van der Waals surface area contributed by atoms with Crippen molar-refractivity contribution in [2.24, 2.45) is 0 Å². The van der Waals surface area contributed by atoms with Crippen molar-refractivity contribution in [1.82, 2.24) is 5.32 Å². The quantitative estimate of drug-likeness (QED) is 0.430. The molecule has 1 rings (SSSR count). The van der Waals surface area contributed by atoms with Crippen LogP contribution in [0.1, 0.15) is 19.4 Å². The van der Waals surface area contributed by atoms with Crippen LogP contribution in [-0.4, -0.2) is 25.7 Å². The molecule has 7 heteroatoms. The highest BCUT2D eigenvalue weighted by Crippen LogP contribution is 2.34. The van der Waals surface area contributed by atoms with Crippen LogP contribution in [0.4, 0.5) is 0 Å². The fraction of sp³-hybridized carbons (Fsp3) is 0.312. The minimum atomic E-state index is -0.429. The molecule has 1 aromatic rings. The van der Waals surface area contributed by atoms with Gasteiger partial charge in [0.1, 0.15) is 17.7 Å². The average Bonchev–Trinajstić information content (AvgIpc) is 2.50. The summed E-state index contributed by atoms with van der Waals surface area (Å²) in [5.41, 5.74) is 0.633. The molecule has 0 aliphatic carbocycles. The second-order valence-corrected chi connectivity index (χ2v) is 5.94. The molecule has 0 saturated carbocycles. The lowest BCUT2D eigenvalue weighted by molar-refractivity contribution is -0.117. The smallest absolute Gasteiger partial charge is 0.262 e. The summed E-state index contributed by atoms with van der Waals surface area (Å²) in [5.74, 6) is 0.457. The molecule has 0 radical (unpaired) electrons. The number of nitrogens with one attached hydrogen (secondary N) is 1. The normalized spacial score (nSPS) is 10.7. The van der Waals surface area contributed by atoms with Crippen molar-refractivity contribution >= 4 is 34.6 Å². The summed E-state index contributed by atoms with van der Waals surface area (Å²) >= 11 is 2.04. The molecule has 1 amide bonds. The molecule has 0 heterocycles. The van der Waals surface area contributed by atoms with Gasteiger partial charge in [0.15, 0.2) is 18.1 Å². The van der Waals surface area contributed by atoms with Crippen LogP contribution >= 0.6 is 22.6 Å². The van der Waals surface area contributed by atoms with E-state index in [1.54, 1.807) is 12.1 Å². The van der Waals surface area contributed by atoms with Crippen LogP contribution in [-0.2, 0) is 4.79 Å². The first-order chi connectivity index (χ1) is 10.9. The number of methoxy groups -OCH3 is 1. The van der Waals surface area contributed by atoms with Gasteiger partial charge in [-0.25, -0.2) is 0 Å². The summed E-state index contributed by atoms with van der Waals surface area (Å²) in [5, 5.41) is 20.4. The van der Waals surface area contributed by atoms with Gasteiger partial charge in [0.2, 0.25) is 0 Å². The monoisotopic (exact) mass is 425 g/mol. The molecular formula is C16H16IN3O3. The van der Waals surface area contributed by atoms with Crippen molar-refractivity contribution < 1.29 is 14.3 Å². The molecule has 0 spiro atoms. The van der Waals surface area contributed by atoms with Crippen LogP contribution in [0.2, 0.25) is 0 Å². The minimum Gasteiger partial charge on any atom is -0.493 e. The Balaban J connectivity index is 3.21. The number of hydrogen-bond acceptors (Lipinski definition) is 5. The summed E-state index contributed by atoms with van der Waals surface area (Å²) in [6.45, 7) is 3.54. The number of ether oxygens (including phenoxy) is 2. The van der Waals surface area contributed by atoms with E-state index in [-0.39, 0.29) is 18.2 Å². The Morgan fingerprint density at radius 2 is 2.13 bits per heavy atom. The molecule has 0 aromatic heterocycles. The maximum Gasteiger partial charge on any atom is 0.262 e. The first kappa shape index (κ1) is 18.8. The molecule has 120 valence electrons. The fourth-order valence-electron chi connectivity index (χ4n) is 1.72. The minimum absolute atomic E-state index is 0.00208. The number of halogens is 1. The summed E-state index contributed by atoms with van der Waals surface area (Å²) in [6.07, 6.45) is 1.48. The maximum atomic E-state index is 11.9. The predicted molar refractivity (Wildman–Crippen MR) is 93.7 cm³/mol. The van der Waals surface area contributed by atoms with Crippen LogP contribution in [0.15, 0.2) is 17.7 Å². The van der Waals surface area contributed by atoms with Crippen molar-refractivity contribution in [2.45, 2.75) is 19.9 Å². The van der Waals surface area contributed by atoms with Crippen LogP contribution in [0, 0.1) is 26.2 Å². The Morgan fingerprint density at radius 1 is 1.43 bits per heavy atom. The molecular weight excluding hydrogens is 409 g/mol. The third kappa shape index (κ3) is 5.46. The number of nitrogens with zero attached hydrogens (tertiary/aromatic N) is 2. The van der Waals surface area contributed by atoms with E-state index >= 15 is 0 Å². The number of carbonyl (C=O) groups excluding carboxylic acids is 1. The molecule has 1 N–H and O–H groups in total. The lowest BCUT2D eigenvalue weighted by Crippen LogP contribution is -2.30. The molecule has 0 unspecified atom stereocenters. The van der Waals surface area contributed by atoms with Crippen molar-refractivity contribution in [1.29, 1.82) is 10.5 Å². The number of amides is 1. The second-order valence-electron chi connectivity index (χ2n) is 4.78. The Morgan fingerprint density at radius 3 is 2.65 bits per heavy atom. The van der Waals surface area contributed by atoms with Crippen molar-refractivity contribution in [3.8, 4) is 23.6 Å². The molecule has 1 aromatic carbocycles. The Labute approximate surface area is 148 Å². The summed E-state index contributed by atoms with van der Waals surface area (Å²) in [6, 6.07) is 7.12. The number of nitriles is 2. The van der Waals surface area contributed by atoms with E-state index in [1.807, 2.05) is 48.6 Å². The number of carbonyl (C=O) groups is 1. The first-order valence-corrected chi connectivity index (χ1v) is 7.80. The first-order valence-electron chi connectivity index (χ1n) is 6.72. The van der Waals surface area contributed by atoms with Gasteiger partial charge in [-0.05, 0) is 60.2 Å². The zero-order chi connectivity index (χ0) is 17.4. The van der Waals surface area contributed by atoms with E-state index in [1.165, 1.54) is 13.2 Å². The molecule has 0 aliphatic heterocycles. The fourth-order valence-corrected chi connectivity index (χ4v) is 2.50. The van der Waals surface area contributed by atoms with Gasteiger partial charge in [-0.1, -0.05) is 0 Å². The topological polar surface area (TPSA) is 95.1 Å². The molecule has 0 fully saturated rings. The number of hydrogen-bond donors (Lipinski definition) is 1. The SMILES string of the molecule is COc1cc(/C=C(/C#N)C(=O)NC(C)C)cc(I)c1OCC#N. The van der Waals surface area contributed by atoms with Crippen LogP contribution in [0.3, 0.4) is 0 Å². The molecule has 0 saturated heterocycles. The van der Waals surface area contributed by atoms with E-state index in [9.17, 15) is 4.79 Å². The van der Waals surface area contributed by atoms with E-state index in [0.29, 0.717) is 20.6 Å². The van der Waals surface area contributed by atoms with Gasteiger partial charge in [0.25, 0.3) is 5.91 Å². The lowest BCUT2D eigenvalue weighted by atomic mass is 10.1. The summed E-state index contributed by atoms with van der Waals surface area (Å²) in [7, 11) is 1.48. The maximum absolute atomic E-state index is 11.9. The van der Waals surface area contributed by atoms with Gasteiger partial charge in [0, 0.05) is 6.04 Å². The standard InChI is InChI=1S/C16H16IN3O3/c1-10(2)20-16(21)12(9-19)6-11-7-13(17)15(23-5-4-18)14(8-11)22-3/h6-8,10H,5H2,1-3H3,(H,20,21)/b12-6-. The summed E-state index contributed by atoms with van der Waals surface area (Å²) < 4.78 is 11.3. The second kappa shape index (κ2) is 9.01. The Kier molecular flexibility index (Phi) is 7.36. The zero-order valence-corrected chi connectivity index (χ0v) is 15.2. The molecule has 23 heavy (non-hydrogen) atoms. The van der Waals surface area contributed by atoms with E-state index in [2.05, 4.69) is 5.32 Å². The van der Waals surface area contributed by atoms with Crippen LogP contribution < -0.4 is 14.8 Å². The van der Waals surface area contributed by atoms with E-state index in [0.717, 1.165) is 0 Å². The third-order valence-corrected chi connectivity index (χ3v) is 3.43. The average molecular weight is 425 g/mol. The number of benzene rings is 1. The van der Waals surface area contributed by atoms with Gasteiger partial charge in [-0.15, -0.1) is 0 Å². The molecule has 6 nitrogen and oxygen atoms in total. The Bertz CT molecular complexity index is 700. The third-order valence-electron chi connectivity index (χ3n) is 2.63. The molecule has 0 atom stereocenters. The zero-order valence-electron chi connectivity index (χ0n) is 13.0. The van der Waals surface area contributed by atoms with Crippen molar-refractivity contribution in [3.05, 3.63) is 26.8 Å². The van der Waals surface area contributed by atoms with Crippen molar-refractivity contribution in [2.75, 3.05) is 13.7 Å². The van der Waals surface area contributed by atoms with Gasteiger partial charge < -0.3 is 14.8 Å². The van der Waals surface area contributed by atoms with Gasteiger partial charge in [-0.3, -0.25) is 4.79 Å². The van der Waals surface area contributed by atoms with Crippen LogP contribution in [0.25, 0.3) is 6.08 Å². The van der Waals surface area contributed by atoms with Crippen LogP contribution in [0.5, 0.6) is 11.5 Å². The van der Waals surface area contributed by atoms with E-state index in [4.69, 9.17) is 20.0 Å². The highest BCUT2D eigenvalue weighted by Gasteiger charge is 2.14. The Hall–Kier alpha value is -2.26. The van der Waals surface area contributed by atoms with E-state index < -0.39 is 5.91 Å². The van der Waals surface area contributed by atoms with Gasteiger partial charge in [-0.2, -0.15) is 10.5 Å². The highest BCUT2D eigenvalue weighted by atomic mass is 127. The highest BCUT2D eigenvalue weighted by molar-refractivity contribution is 14.1. The van der Waals surface area contributed by atoms with Gasteiger partial charge >= 0.3 is 0 Å². The molecule has 0 bridgehead atoms. The lowest BCUT2D eigenvalue weighted by Gasteiger charge is -2.12. The van der Waals surface area contributed by atoms with Crippen molar-refractivity contribution in [3.63, 3.8) is 0 Å². The predicted octanol–water partition coefficient (Wildman–Crippen LogP) is 2.63.